The third kappa shape index (κ3) is 2.33. The summed E-state index contributed by atoms with van der Waals surface area (Å²) in [6.45, 7) is 1.52. The molecule has 1 atom stereocenters. The van der Waals surface area contributed by atoms with Crippen molar-refractivity contribution in [2.75, 3.05) is 20.8 Å². The molecule has 0 fully saturated rings. The first kappa shape index (κ1) is 16.2. The first-order chi connectivity index (χ1) is 13.2. The number of H-pyrrole nitrogens is 1. The second kappa shape index (κ2) is 6.03. The van der Waals surface area contributed by atoms with Crippen LogP contribution in [0, 0.1) is 0 Å². The number of nitrogens with one attached hydrogen (secondary N) is 1. The molecule has 0 saturated carbocycles. The number of ether oxygens (including phenoxy) is 3. The van der Waals surface area contributed by atoms with Gasteiger partial charge in [0.15, 0.2) is 17.7 Å². The zero-order valence-electron chi connectivity index (χ0n) is 15.2. The fraction of sp³-hybridized carbons (Fsp3) is 0.286. The van der Waals surface area contributed by atoms with Crippen LogP contribution in [0.1, 0.15) is 33.4 Å². The van der Waals surface area contributed by atoms with Gasteiger partial charge in [-0.25, -0.2) is 4.79 Å². The number of esters is 1. The van der Waals surface area contributed by atoms with Crippen LogP contribution in [0.15, 0.2) is 36.4 Å². The molecule has 6 heteroatoms. The smallest absolute Gasteiger partial charge is 0.344 e. The molecule has 0 aliphatic carbocycles. The molecule has 0 bridgehead atoms. The highest BCUT2D eigenvalue weighted by Crippen LogP contribution is 2.44. The lowest BCUT2D eigenvalue weighted by atomic mass is 10.0. The number of cyclic esters (lactones) is 1. The van der Waals surface area contributed by atoms with Gasteiger partial charge in [-0.15, -0.1) is 0 Å². The van der Waals surface area contributed by atoms with Crippen molar-refractivity contribution in [3.8, 4) is 11.5 Å². The van der Waals surface area contributed by atoms with E-state index in [2.05, 4.69) is 28.1 Å². The Labute approximate surface area is 156 Å². The van der Waals surface area contributed by atoms with E-state index < -0.39 is 6.23 Å². The molecule has 1 aromatic heterocycles. The molecule has 6 nitrogen and oxygen atoms in total. The molecule has 3 aromatic rings. The Morgan fingerprint density at radius 3 is 2.81 bits per heavy atom. The Hall–Kier alpha value is -2.99. The Bertz CT molecular complexity index is 1060. The first-order valence-corrected chi connectivity index (χ1v) is 8.99. The van der Waals surface area contributed by atoms with Crippen molar-refractivity contribution >= 4 is 16.9 Å². The van der Waals surface area contributed by atoms with Gasteiger partial charge >= 0.3 is 5.97 Å². The van der Waals surface area contributed by atoms with Gasteiger partial charge in [0.25, 0.3) is 0 Å². The SMILES string of the molecule is COc1ccc2c(c1OC)C(=O)O[C@@H]2N1CCc2c([nH]c3ccccc23)C1. The molecule has 0 radical (unpaired) electrons. The predicted octanol–water partition coefficient (Wildman–Crippen LogP) is 3.41. The highest BCUT2D eigenvalue weighted by Gasteiger charge is 2.40. The van der Waals surface area contributed by atoms with Gasteiger partial charge in [0.05, 0.1) is 14.2 Å². The Kier molecular flexibility index (Phi) is 3.62. The largest absolute Gasteiger partial charge is 0.493 e. The number of para-hydroxylation sites is 1. The Morgan fingerprint density at radius 1 is 1.15 bits per heavy atom. The van der Waals surface area contributed by atoms with E-state index in [4.69, 9.17) is 14.2 Å². The van der Waals surface area contributed by atoms with E-state index in [1.807, 2.05) is 18.2 Å². The van der Waals surface area contributed by atoms with Crippen LogP contribution in [0.3, 0.4) is 0 Å². The molecule has 0 spiro atoms. The highest BCUT2D eigenvalue weighted by atomic mass is 16.6. The number of methoxy groups -OCH3 is 2. The summed E-state index contributed by atoms with van der Waals surface area (Å²) >= 11 is 0. The molecule has 0 amide bonds. The summed E-state index contributed by atoms with van der Waals surface area (Å²) in [6, 6.07) is 12.1. The van der Waals surface area contributed by atoms with Crippen molar-refractivity contribution in [3.63, 3.8) is 0 Å². The van der Waals surface area contributed by atoms with E-state index in [1.165, 1.54) is 23.8 Å². The van der Waals surface area contributed by atoms with Crippen molar-refractivity contribution in [1.82, 2.24) is 9.88 Å². The predicted molar refractivity (Wildman–Crippen MR) is 100 cm³/mol. The number of rotatable bonds is 3. The van der Waals surface area contributed by atoms with E-state index >= 15 is 0 Å². The average Bonchev–Trinajstić information content (AvgIpc) is 3.24. The third-order valence-electron chi connectivity index (χ3n) is 5.51. The zero-order valence-corrected chi connectivity index (χ0v) is 15.2. The molecule has 2 aromatic carbocycles. The van der Waals surface area contributed by atoms with E-state index in [0.29, 0.717) is 23.6 Å². The number of aromatic nitrogens is 1. The van der Waals surface area contributed by atoms with Gasteiger partial charge in [-0.3, -0.25) is 4.90 Å². The second-order valence-electron chi connectivity index (χ2n) is 6.87. The topological polar surface area (TPSA) is 63.8 Å². The first-order valence-electron chi connectivity index (χ1n) is 8.99. The van der Waals surface area contributed by atoms with Gasteiger partial charge in [0.1, 0.15) is 5.56 Å². The van der Waals surface area contributed by atoms with Crippen LogP contribution in [0.2, 0.25) is 0 Å². The number of nitrogens with zero attached hydrogens (tertiary/aromatic N) is 1. The Balaban J connectivity index is 1.52. The van der Waals surface area contributed by atoms with Crippen LogP contribution < -0.4 is 9.47 Å². The summed E-state index contributed by atoms with van der Waals surface area (Å²) < 4.78 is 16.5. The van der Waals surface area contributed by atoms with Crippen molar-refractivity contribution < 1.29 is 19.0 Å². The van der Waals surface area contributed by atoms with Gasteiger partial charge in [-0.2, -0.15) is 0 Å². The van der Waals surface area contributed by atoms with Gasteiger partial charge in [0, 0.05) is 35.2 Å². The minimum absolute atomic E-state index is 0.367. The monoisotopic (exact) mass is 364 g/mol. The standard InChI is InChI=1S/C21H20N2O4/c1-25-17-8-7-14-18(19(17)26-2)21(24)27-20(14)23-10-9-13-12-5-3-4-6-15(12)22-16(13)11-23/h3-8,20,22H,9-11H2,1-2H3/t20-/m0/s1. The maximum absolute atomic E-state index is 12.6. The molecule has 0 saturated heterocycles. The van der Waals surface area contributed by atoms with E-state index in [-0.39, 0.29) is 5.97 Å². The van der Waals surface area contributed by atoms with Crippen LogP contribution in [0.5, 0.6) is 11.5 Å². The van der Waals surface area contributed by atoms with Gasteiger partial charge < -0.3 is 19.2 Å². The molecular weight excluding hydrogens is 344 g/mol. The average molecular weight is 364 g/mol. The molecule has 2 aliphatic heterocycles. The molecule has 3 heterocycles. The number of hydrogen-bond acceptors (Lipinski definition) is 5. The molecule has 27 heavy (non-hydrogen) atoms. The summed E-state index contributed by atoms with van der Waals surface area (Å²) in [6.07, 6.45) is 0.502. The number of carbonyl (C=O) groups excluding carboxylic acids is 1. The lowest BCUT2D eigenvalue weighted by molar-refractivity contribution is -0.0295. The van der Waals surface area contributed by atoms with Crippen LogP contribution in [0.25, 0.3) is 10.9 Å². The van der Waals surface area contributed by atoms with E-state index in [1.54, 1.807) is 7.11 Å². The van der Waals surface area contributed by atoms with Gasteiger partial charge in [-0.1, -0.05) is 18.2 Å². The molecule has 5 rings (SSSR count). The summed E-state index contributed by atoms with van der Waals surface area (Å²) in [5, 5.41) is 1.28. The fourth-order valence-electron chi connectivity index (χ4n) is 4.27. The summed E-state index contributed by atoms with van der Waals surface area (Å²) in [4.78, 5) is 18.3. The van der Waals surface area contributed by atoms with Crippen LogP contribution in [-0.2, 0) is 17.7 Å². The van der Waals surface area contributed by atoms with Gasteiger partial charge in [0.2, 0.25) is 0 Å². The normalized spacial score (nSPS) is 18.9. The molecule has 2 aliphatic rings. The minimum atomic E-state index is -0.410. The molecular formula is C21H20N2O4. The molecule has 0 unspecified atom stereocenters. The molecule has 138 valence electrons. The highest BCUT2D eigenvalue weighted by molar-refractivity contribution is 5.98. The van der Waals surface area contributed by atoms with E-state index in [9.17, 15) is 4.79 Å². The maximum Gasteiger partial charge on any atom is 0.344 e. The van der Waals surface area contributed by atoms with Crippen molar-refractivity contribution in [2.45, 2.75) is 19.2 Å². The third-order valence-corrected chi connectivity index (χ3v) is 5.51. The lowest BCUT2D eigenvalue weighted by Gasteiger charge is -2.31. The molecule has 1 N–H and O–H groups in total. The fourth-order valence-corrected chi connectivity index (χ4v) is 4.27. The summed E-state index contributed by atoms with van der Waals surface area (Å²) in [5.41, 5.74) is 4.99. The summed E-state index contributed by atoms with van der Waals surface area (Å²) in [7, 11) is 3.10. The van der Waals surface area contributed by atoms with Crippen LogP contribution >= 0.6 is 0 Å². The zero-order chi connectivity index (χ0) is 18.5. The summed E-state index contributed by atoms with van der Waals surface area (Å²) in [5.74, 6) is 0.601. The van der Waals surface area contributed by atoms with Gasteiger partial charge in [-0.05, 0) is 30.2 Å². The van der Waals surface area contributed by atoms with Crippen molar-refractivity contribution in [1.29, 1.82) is 0 Å². The number of hydrogen-bond donors (Lipinski definition) is 1. The lowest BCUT2D eigenvalue weighted by Crippen LogP contribution is -2.34. The quantitative estimate of drug-likeness (QED) is 0.722. The van der Waals surface area contributed by atoms with Crippen LogP contribution in [-0.4, -0.2) is 36.6 Å². The maximum atomic E-state index is 12.6. The Morgan fingerprint density at radius 2 is 2.00 bits per heavy atom. The number of carbonyl (C=O) groups is 1. The minimum Gasteiger partial charge on any atom is -0.493 e. The van der Waals surface area contributed by atoms with Crippen molar-refractivity contribution in [3.05, 3.63) is 58.8 Å². The number of benzene rings is 2. The van der Waals surface area contributed by atoms with Crippen LogP contribution in [0.4, 0.5) is 0 Å². The number of aromatic amines is 1. The number of fused-ring (bicyclic) bond motifs is 4. The second-order valence-corrected chi connectivity index (χ2v) is 6.87. The van der Waals surface area contributed by atoms with E-state index in [0.717, 1.165) is 24.0 Å². The van der Waals surface area contributed by atoms with Crippen molar-refractivity contribution in [2.24, 2.45) is 0 Å².